The maximum atomic E-state index is 12.4. The van der Waals surface area contributed by atoms with E-state index in [4.69, 9.17) is 4.74 Å². The maximum Gasteiger partial charge on any atom is 0.251 e. The third-order valence-corrected chi connectivity index (χ3v) is 4.31. The predicted molar refractivity (Wildman–Crippen MR) is 102 cm³/mol. The van der Waals surface area contributed by atoms with E-state index in [9.17, 15) is 4.79 Å². The Morgan fingerprint density at radius 2 is 1.84 bits per heavy atom. The van der Waals surface area contributed by atoms with E-state index in [0.717, 1.165) is 5.69 Å². The van der Waals surface area contributed by atoms with Crippen LogP contribution in [-0.2, 0) is 0 Å². The number of anilines is 1. The van der Waals surface area contributed by atoms with E-state index < -0.39 is 0 Å². The van der Waals surface area contributed by atoms with Gasteiger partial charge in [-0.05, 0) is 30.3 Å². The summed E-state index contributed by atoms with van der Waals surface area (Å²) in [5.41, 5.74) is 2.98. The first-order valence-corrected chi connectivity index (χ1v) is 8.42. The summed E-state index contributed by atoms with van der Waals surface area (Å²) in [6, 6.07) is 15.9. The molecule has 134 valence electrons. The molecule has 2 N–H and O–H groups in total. The van der Waals surface area contributed by atoms with E-state index in [0.29, 0.717) is 17.9 Å². The Hall–Kier alpha value is -2.53. The van der Waals surface area contributed by atoms with Crippen molar-refractivity contribution in [1.82, 2.24) is 5.32 Å². The van der Waals surface area contributed by atoms with Gasteiger partial charge in [0.25, 0.3) is 5.91 Å². The lowest BCUT2D eigenvalue weighted by Crippen LogP contribution is -3.07. The lowest BCUT2D eigenvalue weighted by Gasteiger charge is -2.23. The van der Waals surface area contributed by atoms with Gasteiger partial charge in [0.1, 0.15) is 11.8 Å². The molecule has 0 aliphatic rings. The highest BCUT2D eigenvalue weighted by molar-refractivity contribution is 5.94. The molecule has 2 aromatic rings. The Morgan fingerprint density at radius 3 is 2.40 bits per heavy atom. The van der Waals surface area contributed by atoms with Gasteiger partial charge in [0.2, 0.25) is 0 Å². The monoisotopic (exact) mass is 342 g/mol. The lowest BCUT2D eigenvalue weighted by molar-refractivity contribution is -0.890. The van der Waals surface area contributed by atoms with Crippen molar-refractivity contribution in [2.24, 2.45) is 0 Å². The molecule has 0 aliphatic heterocycles. The van der Waals surface area contributed by atoms with Crippen LogP contribution in [0.5, 0.6) is 5.75 Å². The first-order valence-electron chi connectivity index (χ1n) is 8.42. The molecule has 2 rings (SSSR count). The molecular formula is C20H28N3O2+. The van der Waals surface area contributed by atoms with Crippen molar-refractivity contribution >= 4 is 11.6 Å². The van der Waals surface area contributed by atoms with Crippen LogP contribution in [0.15, 0.2) is 48.5 Å². The van der Waals surface area contributed by atoms with Crippen LogP contribution < -0.4 is 19.9 Å². The minimum absolute atomic E-state index is 0.0879. The fourth-order valence-electron chi connectivity index (χ4n) is 2.72. The predicted octanol–water partition coefficient (Wildman–Crippen LogP) is 1.38. The van der Waals surface area contributed by atoms with Crippen LogP contribution in [0.25, 0.3) is 0 Å². The topological polar surface area (TPSA) is 46.0 Å². The van der Waals surface area contributed by atoms with Gasteiger partial charge in [0.05, 0.1) is 27.7 Å². The molecule has 1 atom stereocenters. The number of methoxy groups -OCH3 is 1. The standard InChI is InChI=1S/C20H27N3O2/c1-22(2)17-11-9-15(10-12-17)19(23(3)4)14-21-20(24)16-7-6-8-18(13-16)25-5/h6-13,19H,14H2,1-5H3,(H,21,24)/p+1/t19-/m0/s1. The smallest absolute Gasteiger partial charge is 0.251 e. The van der Waals surface area contributed by atoms with Crippen LogP contribution in [0.2, 0.25) is 0 Å². The van der Waals surface area contributed by atoms with E-state index in [1.807, 2.05) is 26.2 Å². The molecule has 0 aliphatic carbocycles. The van der Waals surface area contributed by atoms with Gasteiger partial charge in [-0.2, -0.15) is 0 Å². The number of amides is 1. The molecule has 5 heteroatoms. The first kappa shape index (κ1) is 18.8. The number of likely N-dealkylation sites (N-methyl/N-ethyl adjacent to an activating group) is 1. The van der Waals surface area contributed by atoms with Gasteiger partial charge in [-0.3, -0.25) is 4.79 Å². The van der Waals surface area contributed by atoms with Crippen molar-refractivity contribution in [2.45, 2.75) is 6.04 Å². The first-order chi connectivity index (χ1) is 11.9. The molecule has 25 heavy (non-hydrogen) atoms. The third-order valence-electron chi connectivity index (χ3n) is 4.31. The zero-order chi connectivity index (χ0) is 18.4. The van der Waals surface area contributed by atoms with Crippen LogP contribution in [0, 0.1) is 0 Å². The summed E-state index contributed by atoms with van der Waals surface area (Å²) in [5, 5.41) is 3.04. The van der Waals surface area contributed by atoms with Crippen LogP contribution in [0.1, 0.15) is 22.0 Å². The number of benzene rings is 2. The molecule has 0 saturated heterocycles. The number of nitrogens with one attached hydrogen (secondary N) is 2. The van der Waals surface area contributed by atoms with Crippen LogP contribution in [0.4, 0.5) is 5.69 Å². The lowest BCUT2D eigenvalue weighted by atomic mass is 10.0. The highest BCUT2D eigenvalue weighted by Crippen LogP contribution is 2.16. The highest BCUT2D eigenvalue weighted by atomic mass is 16.5. The fraction of sp³-hybridized carbons (Fsp3) is 0.350. The summed E-state index contributed by atoms with van der Waals surface area (Å²) >= 11 is 0. The molecule has 0 radical (unpaired) electrons. The van der Waals surface area contributed by atoms with Crippen molar-refractivity contribution in [1.29, 1.82) is 0 Å². The van der Waals surface area contributed by atoms with E-state index in [1.165, 1.54) is 10.5 Å². The van der Waals surface area contributed by atoms with Gasteiger partial charge in [0.15, 0.2) is 0 Å². The van der Waals surface area contributed by atoms with E-state index in [-0.39, 0.29) is 11.9 Å². The van der Waals surface area contributed by atoms with Crippen molar-refractivity contribution in [2.75, 3.05) is 46.7 Å². The molecule has 0 fully saturated rings. The van der Waals surface area contributed by atoms with Gasteiger partial charge < -0.3 is 19.9 Å². The molecule has 0 bridgehead atoms. The molecule has 1 amide bonds. The summed E-state index contributed by atoms with van der Waals surface area (Å²) in [5.74, 6) is 0.594. The molecule has 0 saturated carbocycles. The number of hydrogen-bond donors (Lipinski definition) is 2. The number of carbonyl (C=O) groups is 1. The Bertz CT molecular complexity index is 696. The number of hydrogen-bond acceptors (Lipinski definition) is 3. The van der Waals surface area contributed by atoms with Crippen LogP contribution in [0.3, 0.4) is 0 Å². The maximum absolute atomic E-state index is 12.4. The van der Waals surface area contributed by atoms with Gasteiger partial charge >= 0.3 is 0 Å². The van der Waals surface area contributed by atoms with Gasteiger partial charge in [-0.25, -0.2) is 0 Å². The second-order valence-electron chi connectivity index (χ2n) is 6.56. The van der Waals surface area contributed by atoms with Crippen molar-refractivity contribution in [3.8, 4) is 5.75 Å². The van der Waals surface area contributed by atoms with Gasteiger partial charge in [-0.1, -0.05) is 18.2 Å². The van der Waals surface area contributed by atoms with Crippen molar-refractivity contribution in [3.63, 3.8) is 0 Å². The zero-order valence-electron chi connectivity index (χ0n) is 15.7. The van der Waals surface area contributed by atoms with E-state index in [2.05, 4.69) is 48.6 Å². The molecule has 0 heterocycles. The number of rotatable bonds is 7. The molecule has 5 nitrogen and oxygen atoms in total. The number of nitrogens with zero attached hydrogens (tertiary/aromatic N) is 1. The van der Waals surface area contributed by atoms with Crippen LogP contribution in [-0.4, -0.2) is 47.8 Å². The summed E-state index contributed by atoms with van der Waals surface area (Å²) in [6.45, 7) is 0.569. The van der Waals surface area contributed by atoms with Gasteiger partial charge in [-0.15, -0.1) is 0 Å². The third kappa shape index (κ3) is 4.97. The summed E-state index contributed by atoms with van der Waals surface area (Å²) in [6.07, 6.45) is 0. The molecule has 0 unspecified atom stereocenters. The Balaban J connectivity index is 2.07. The Labute approximate surface area is 150 Å². The Morgan fingerprint density at radius 1 is 1.16 bits per heavy atom. The minimum atomic E-state index is -0.0879. The molecule has 0 spiro atoms. The summed E-state index contributed by atoms with van der Waals surface area (Å²) < 4.78 is 5.18. The SMILES string of the molecule is COc1cccc(C(=O)NC[C@@H](c2ccc(N(C)C)cc2)[NH+](C)C)c1. The van der Waals surface area contributed by atoms with Crippen molar-refractivity contribution in [3.05, 3.63) is 59.7 Å². The number of quaternary nitrogens is 1. The molecule has 2 aromatic carbocycles. The molecular weight excluding hydrogens is 314 g/mol. The molecule has 0 aromatic heterocycles. The largest absolute Gasteiger partial charge is 0.497 e. The van der Waals surface area contributed by atoms with E-state index >= 15 is 0 Å². The average molecular weight is 342 g/mol. The zero-order valence-corrected chi connectivity index (χ0v) is 15.7. The fourth-order valence-corrected chi connectivity index (χ4v) is 2.72. The highest BCUT2D eigenvalue weighted by Gasteiger charge is 2.19. The Kier molecular flexibility index (Phi) is 6.42. The average Bonchev–Trinajstić information content (AvgIpc) is 2.61. The van der Waals surface area contributed by atoms with Gasteiger partial charge in [0, 0.05) is 30.9 Å². The number of carbonyl (C=O) groups excluding carboxylic acids is 1. The second-order valence-corrected chi connectivity index (χ2v) is 6.56. The minimum Gasteiger partial charge on any atom is -0.497 e. The summed E-state index contributed by atoms with van der Waals surface area (Å²) in [4.78, 5) is 15.8. The van der Waals surface area contributed by atoms with Crippen molar-refractivity contribution < 1.29 is 14.4 Å². The van der Waals surface area contributed by atoms with Crippen LogP contribution >= 0.6 is 0 Å². The quantitative estimate of drug-likeness (QED) is 0.799. The number of ether oxygens (including phenoxy) is 1. The van der Waals surface area contributed by atoms with E-state index in [1.54, 1.807) is 19.2 Å². The normalized spacial score (nSPS) is 11.9. The summed E-state index contributed by atoms with van der Waals surface area (Å²) in [7, 11) is 9.85. The second kappa shape index (κ2) is 8.53.